The number of rotatable bonds is 17. The number of hydrogen-bond donors (Lipinski definition) is 0. The highest BCUT2D eigenvalue weighted by molar-refractivity contribution is 5.94. The van der Waals surface area contributed by atoms with Crippen LogP contribution >= 0.6 is 0 Å². The highest BCUT2D eigenvalue weighted by Crippen LogP contribution is 2.31. The first-order valence-corrected chi connectivity index (χ1v) is 14.4. The quantitative estimate of drug-likeness (QED) is 0.113. The van der Waals surface area contributed by atoms with Crippen LogP contribution in [0.15, 0.2) is 72.4 Å². The molecule has 2 rings (SSSR count). The predicted octanol–water partition coefficient (Wildman–Crippen LogP) is 8.31. The summed E-state index contributed by atoms with van der Waals surface area (Å²) in [6.07, 6.45) is 35.7. The van der Waals surface area contributed by atoms with Crippen LogP contribution in [0.1, 0.15) is 97.3 Å². The predicted molar refractivity (Wildman–Crippen MR) is 153 cm³/mol. The fraction of sp³-hybridized carbons (Fsp3) is 0.576. The lowest BCUT2D eigenvalue weighted by Crippen LogP contribution is -2.39. The molecule has 4 heteroatoms. The first kappa shape index (κ1) is 30.8. The van der Waals surface area contributed by atoms with Gasteiger partial charge in [0, 0.05) is 12.3 Å². The van der Waals surface area contributed by atoms with Gasteiger partial charge < -0.3 is 9.47 Å². The fourth-order valence-corrected chi connectivity index (χ4v) is 4.59. The largest absolute Gasteiger partial charge is 0.462 e. The molecule has 0 aromatic rings. The molecule has 1 heterocycles. The summed E-state index contributed by atoms with van der Waals surface area (Å²) in [5.41, 5.74) is 1.32. The first-order chi connectivity index (χ1) is 18.1. The van der Waals surface area contributed by atoms with E-state index < -0.39 is 6.10 Å². The number of unbranched alkanes of at least 4 members (excludes halogenated alkanes) is 4. The minimum absolute atomic E-state index is 0.00167. The summed E-state index contributed by atoms with van der Waals surface area (Å²) >= 11 is 0. The average molecular weight is 509 g/mol. The molecule has 4 nitrogen and oxygen atoms in total. The first-order valence-electron chi connectivity index (χ1n) is 14.4. The molecule has 0 aromatic carbocycles. The van der Waals surface area contributed by atoms with Crippen LogP contribution in [0.2, 0.25) is 0 Å². The highest BCUT2D eigenvalue weighted by atomic mass is 16.6. The Morgan fingerprint density at radius 1 is 0.973 bits per heavy atom. The summed E-state index contributed by atoms with van der Waals surface area (Å²) in [6, 6.07) is 0. The van der Waals surface area contributed by atoms with Crippen LogP contribution < -0.4 is 0 Å². The summed E-state index contributed by atoms with van der Waals surface area (Å²) in [7, 11) is 0. The Hall–Kier alpha value is -2.46. The van der Waals surface area contributed by atoms with E-state index in [9.17, 15) is 9.59 Å². The van der Waals surface area contributed by atoms with Crippen LogP contribution in [0.25, 0.3) is 0 Å². The maximum atomic E-state index is 12.2. The van der Waals surface area contributed by atoms with E-state index in [2.05, 4.69) is 68.5 Å². The number of esters is 1. The second-order valence-corrected chi connectivity index (χ2v) is 10.0. The molecule has 0 bridgehead atoms. The summed E-state index contributed by atoms with van der Waals surface area (Å²) in [6.45, 7) is 4.36. The van der Waals surface area contributed by atoms with Crippen LogP contribution in [0.4, 0.5) is 0 Å². The number of allylic oxidation sites excluding steroid dienone is 9. The molecular formula is C33H48O4. The molecule has 3 atom stereocenters. The molecule has 204 valence electrons. The van der Waals surface area contributed by atoms with E-state index in [0.717, 1.165) is 51.4 Å². The number of ketones is 1. The molecule has 0 radical (unpaired) electrons. The molecule has 0 amide bonds. The monoisotopic (exact) mass is 508 g/mol. The number of carbonyl (C=O) groups is 2. The van der Waals surface area contributed by atoms with Crippen molar-refractivity contribution < 1.29 is 19.1 Å². The summed E-state index contributed by atoms with van der Waals surface area (Å²) in [5.74, 6) is -0.0866. The van der Waals surface area contributed by atoms with E-state index in [0.29, 0.717) is 12.3 Å². The van der Waals surface area contributed by atoms with Gasteiger partial charge in [-0.05, 0) is 77.2 Å². The van der Waals surface area contributed by atoms with Crippen molar-refractivity contribution in [3.8, 4) is 0 Å². The molecule has 0 saturated carbocycles. The van der Waals surface area contributed by atoms with Crippen molar-refractivity contribution in [1.29, 1.82) is 0 Å². The molecule has 0 saturated heterocycles. The van der Waals surface area contributed by atoms with Gasteiger partial charge in [-0.3, -0.25) is 9.59 Å². The molecule has 0 N–H and O–H groups in total. The van der Waals surface area contributed by atoms with Crippen molar-refractivity contribution >= 4 is 11.8 Å². The Morgan fingerprint density at radius 2 is 1.62 bits per heavy atom. The third-order valence-electron chi connectivity index (χ3n) is 6.86. The van der Waals surface area contributed by atoms with Gasteiger partial charge in [-0.15, -0.1) is 0 Å². The van der Waals surface area contributed by atoms with Gasteiger partial charge in [-0.1, -0.05) is 86.1 Å². The number of ether oxygens (including phenoxy) is 2. The van der Waals surface area contributed by atoms with Gasteiger partial charge in [-0.25, -0.2) is 0 Å². The SMILES string of the molecule is CCCCC/C=C\C/C=C\C/C=C\C/C=C\CCCC(=O)OC[C@H]1O[C@@H](C2CCCC=C2C)C=CC1=O. The molecule has 1 aliphatic heterocycles. The lowest BCUT2D eigenvalue weighted by molar-refractivity contribution is -0.153. The standard InChI is InChI=1S/C33H48O4/c1-3-4-5-6-7-8-9-10-11-12-13-14-15-16-17-18-19-24-33(35)36-27-32-30(34)25-26-31(37-32)29-23-21-20-22-28(29)2/h7-8,10-11,13-14,16-17,22,25-26,29,31-32H,3-6,9,12,15,18-21,23-24,27H2,1-2H3/b8-7-,11-10-,14-13-,17-16-/t29?,31-,32-/m1/s1. The summed E-state index contributed by atoms with van der Waals surface area (Å²) in [5, 5.41) is 0. The topological polar surface area (TPSA) is 52.6 Å². The van der Waals surface area contributed by atoms with Crippen LogP contribution in [0, 0.1) is 5.92 Å². The highest BCUT2D eigenvalue weighted by Gasteiger charge is 2.32. The number of carbonyl (C=O) groups excluding carboxylic acids is 2. The third kappa shape index (κ3) is 13.6. The van der Waals surface area contributed by atoms with E-state index >= 15 is 0 Å². The molecule has 1 aliphatic carbocycles. The van der Waals surface area contributed by atoms with Crippen LogP contribution in [0.3, 0.4) is 0 Å². The second-order valence-electron chi connectivity index (χ2n) is 10.0. The van der Waals surface area contributed by atoms with Crippen molar-refractivity contribution in [3.63, 3.8) is 0 Å². The summed E-state index contributed by atoms with van der Waals surface area (Å²) in [4.78, 5) is 24.3. The van der Waals surface area contributed by atoms with Crippen LogP contribution in [0.5, 0.6) is 0 Å². The number of hydrogen-bond acceptors (Lipinski definition) is 4. The minimum Gasteiger partial charge on any atom is -0.462 e. The fourth-order valence-electron chi connectivity index (χ4n) is 4.59. The van der Waals surface area contributed by atoms with Gasteiger partial charge in [0.25, 0.3) is 0 Å². The van der Waals surface area contributed by atoms with E-state index in [1.807, 2.05) is 6.08 Å². The van der Waals surface area contributed by atoms with Gasteiger partial charge in [-0.2, -0.15) is 0 Å². The maximum Gasteiger partial charge on any atom is 0.305 e. The van der Waals surface area contributed by atoms with E-state index in [1.54, 1.807) is 6.08 Å². The Labute approximate surface area is 225 Å². The summed E-state index contributed by atoms with van der Waals surface area (Å²) < 4.78 is 11.4. The molecule has 0 aromatic heterocycles. The molecule has 1 unspecified atom stereocenters. The Kier molecular flexibility index (Phi) is 16.3. The Balaban J connectivity index is 1.50. The van der Waals surface area contributed by atoms with Gasteiger partial charge in [0.2, 0.25) is 0 Å². The molecule has 0 spiro atoms. The van der Waals surface area contributed by atoms with E-state index in [-0.39, 0.29) is 24.5 Å². The average Bonchev–Trinajstić information content (AvgIpc) is 2.90. The van der Waals surface area contributed by atoms with Gasteiger partial charge in [0.1, 0.15) is 6.61 Å². The van der Waals surface area contributed by atoms with E-state index in [1.165, 1.54) is 31.3 Å². The molecular weight excluding hydrogens is 460 g/mol. The lowest BCUT2D eigenvalue weighted by Gasteiger charge is -2.33. The van der Waals surface area contributed by atoms with Crippen LogP contribution in [-0.4, -0.2) is 30.6 Å². The van der Waals surface area contributed by atoms with Crippen molar-refractivity contribution in [1.82, 2.24) is 0 Å². The molecule has 2 aliphatic rings. The van der Waals surface area contributed by atoms with Gasteiger partial charge in [0.15, 0.2) is 11.9 Å². The zero-order chi connectivity index (χ0) is 26.6. The van der Waals surface area contributed by atoms with Crippen LogP contribution in [-0.2, 0) is 19.1 Å². The second kappa shape index (κ2) is 19.6. The maximum absolute atomic E-state index is 12.2. The van der Waals surface area contributed by atoms with Crippen molar-refractivity contribution in [2.45, 2.75) is 110 Å². The normalized spacial score (nSPS) is 22.6. The lowest BCUT2D eigenvalue weighted by atomic mass is 9.83. The molecule has 37 heavy (non-hydrogen) atoms. The zero-order valence-corrected chi connectivity index (χ0v) is 23.1. The van der Waals surface area contributed by atoms with Gasteiger partial charge >= 0.3 is 5.97 Å². The van der Waals surface area contributed by atoms with E-state index in [4.69, 9.17) is 9.47 Å². The van der Waals surface area contributed by atoms with Crippen molar-refractivity contribution in [2.75, 3.05) is 6.61 Å². The van der Waals surface area contributed by atoms with Gasteiger partial charge in [0.05, 0.1) is 6.10 Å². The van der Waals surface area contributed by atoms with Crippen molar-refractivity contribution in [3.05, 3.63) is 72.4 Å². The third-order valence-corrected chi connectivity index (χ3v) is 6.86. The Morgan fingerprint density at radius 3 is 2.27 bits per heavy atom. The zero-order valence-electron chi connectivity index (χ0n) is 23.1. The minimum atomic E-state index is -0.692. The smallest absolute Gasteiger partial charge is 0.305 e. The molecule has 0 fully saturated rings. The Bertz CT molecular complexity index is 842. The van der Waals surface area contributed by atoms with Crippen molar-refractivity contribution in [2.24, 2.45) is 5.92 Å².